The fourth-order valence-corrected chi connectivity index (χ4v) is 2.92. The summed E-state index contributed by atoms with van der Waals surface area (Å²) in [6.45, 7) is 0. The van der Waals surface area contributed by atoms with E-state index in [2.05, 4.69) is 10.2 Å². The third-order valence-corrected chi connectivity index (χ3v) is 3.91. The van der Waals surface area contributed by atoms with E-state index in [0.717, 1.165) is 16.8 Å². The number of hydrogen-bond acceptors (Lipinski definition) is 3. The number of halogens is 1. The van der Waals surface area contributed by atoms with E-state index in [-0.39, 0.29) is 0 Å². The number of hydrogen-bond donors (Lipinski definition) is 1. The highest BCUT2D eigenvalue weighted by atomic mass is 35.5. The second kappa shape index (κ2) is 3.91. The number of nitrogens with zero attached hydrogens (tertiary/aromatic N) is 3. The van der Waals surface area contributed by atoms with Gasteiger partial charge in [0.05, 0.1) is 5.69 Å². The summed E-state index contributed by atoms with van der Waals surface area (Å²) in [5.41, 5.74) is 0.995. The second-order valence-corrected chi connectivity index (χ2v) is 5.20. The molecule has 1 unspecified atom stereocenters. The van der Waals surface area contributed by atoms with E-state index in [4.69, 9.17) is 11.6 Å². The van der Waals surface area contributed by atoms with E-state index in [1.807, 2.05) is 36.4 Å². The lowest BCUT2D eigenvalue weighted by molar-refractivity contribution is 0.122. The van der Waals surface area contributed by atoms with E-state index in [1.54, 1.807) is 23.0 Å². The van der Waals surface area contributed by atoms with Crippen molar-refractivity contribution in [3.8, 4) is 5.69 Å². The summed E-state index contributed by atoms with van der Waals surface area (Å²) in [6, 6.07) is 14.9. The minimum Gasteiger partial charge on any atom is -0.373 e. The van der Waals surface area contributed by atoms with E-state index >= 15 is 0 Å². The van der Waals surface area contributed by atoms with Gasteiger partial charge in [-0.05, 0) is 23.8 Å². The number of aliphatic hydroxyl groups is 1. The number of benzene rings is 2. The predicted molar refractivity (Wildman–Crippen MR) is 74.9 cm³/mol. The van der Waals surface area contributed by atoms with Crippen molar-refractivity contribution in [1.82, 2.24) is 14.8 Å². The number of fused-ring (bicyclic) bond motifs is 3. The molecule has 0 radical (unpaired) electrons. The van der Waals surface area contributed by atoms with Gasteiger partial charge in [-0.1, -0.05) is 41.9 Å². The molecule has 0 bridgehead atoms. The largest absolute Gasteiger partial charge is 0.373 e. The highest BCUT2D eigenvalue weighted by molar-refractivity contribution is 6.30. The van der Waals surface area contributed by atoms with Gasteiger partial charge >= 0.3 is 0 Å². The molecule has 1 N–H and O–H groups in total. The molecule has 0 saturated carbocycles. The van der Waals surface area contributed by atoms with Crippen molar-refractivity contribution in [2.45, 2.75) is 5.60 Å². The smallest absolute Gasteiger partial charge is 0.179 e. The molecule has 2 heterocycles. The molecule has 0 spiro atoms. The number of aromatic nitrogens is 3. The third kappa shape index (κ3) is 1.35. The van der Waals surface area contributed by atoms with E-state index in [1.165, 1.54) is 0 Å². The van der Waals surface area contributed by atoms with Gasteiger partial charge in [-0.3, -0.25) is 4.57 Å². The predicted octanol–water partition coefficient (Wildman–Crippen LogP) is 2.52. The Morgan fingerprint density at radius 3 is 2.70 bits per heavy atom. The molecule has 3 aromatic rings. The fraction of sp³-hybridized carbons (Fsp3) is 0.0667. The van der Waals surface area contributed by atoms with Crippen molar-refractivity contribution < 1.29 is 5.11 Å². The highest BCUT2D eigenvalue weighted by Gasteiger charge is 2.45. The van der Waals surface area contributed by atoms with Gasteiger partial charge < -0.3 is 5.11 Å². The van der Waals surface area contributed by atoms with Crippen LogP contribution in [0.15, 0.2) is 54.9 Å². The Labute approximate surface area is 120 Å². The first kappa shape index (κ1) is 11.6. The molecule has 20 heavy (non-hydrogen) atoms. The molecular formula is C15H10ClN3O. The fourth-order valence-electron chi connectivity index (χ4n) is 2.75. The molecule has 0 saturated heterocycles. The third-order valence-electron chi connectivity index (χ3n) is 3.67. The average Bonchev–Trinajstić information content (AvgIpc) is 3.04. The van der Waals surface area contributed by atoms with Crippen LogP contribution >= 0.6 is 11.6 Å². The lowest BCUT2D eigenvalue weighted by Gasteiger charge is -2.23. The summed E-state index contributed by atoms with van der Waals surface area (Å²) in [5.74, 6) is 0.487. The van der Waals surface area contributed by atoms with E-state index in [0.29, 0.717) is 10.8 Å². The van der Waals surface area contributed by atoms with Crippen molar-refractivity contribution in [2.24, 2.45) is 0 Å². The molecule has 0 amide bonds. The maximum atomic E-state index is 11.3. The Morgan fingerprint density at radius 2 is 1.90 bits per heavy atom. The topological polar surface area (TPSA) is 50.9 Å². The zero-order chi connectivity index (χ0) is 13.7. The van der Waals surface area contributed by atoms with Gasteiger partial charge in [-0.15, -0.1) is 10.2 Å². The van der Waals surface area contributed by atoms with Gasteiger partial charge in [0, 0.05) is 10.6 Å². The molecular weight excluding hydrogens is 274 g/mol. The van der Waals surface area contributed by atoms with Gasteiger partial charge in [0.1, 0.15) is 6.33 Å². The Hall–Kier alpha value is -2.17. The summed E-state index contributed by atoms with van der Waals surface area (Å²) >= 11 is 6.09. The lowest BCUT2D eigenvalue weighted by Crippen LogP contribution is -2.27. The summed E-state index contributed by atoms with van der Waals surface area (Å²) in [7, 11) is 0. The average molecular weight is 284 g/mol. The van der Waals surface area contributed by atoms with E-state index in [9.17, 15) is 5.11 Å². The molecule has 1 aromatic heterocycles. The van der Waals surface area contributed by atoms with Crippen LogP contribution in [-0.4, -0.2) is 19.9 Å². The quantitative estimate of drug-likeness (QED) is 0.746. The van der Waals surface area contributed by atoms with Crippen LogP contribution in [0.3, 0.4) is 0 Å². The first-order valence-corrected chi connectivity index (χ1v) is 6.58. The Bertz CT molecular complexity index is 800. The molecule has 0 fully saturated rings. The molecule has 1 aliphatic rings. The van der Waals surface area contributed by atoms with Crippen LogP contribution in [0.1, 0.15) is 17.0 Å². The molecule has 0 aliphatic carbocycles. The molecule has 1 aliphatic heterocycles. The minimum atomic E-state index is -1.32. The standard InChI is InChI=1S/C15H10ClN3O/c16-11-6-7-13-12(8-11)15(20,10-4-2-1-3-5-10)14-18-17-9-19(13)14/h1-9,20H. The van der Waals surface area contributed by atoms with Crippen LogP contribution in [0.2, 0.25) is 5.02 Å². The van der Waals surface area contributed by atoms with Crippen molar-refractivity contribution >= 4 is 11.6 Å². The normalized spacial score (nSPS) is 19.7. The summed E-state index contributed by atoms with van der Waals surface area (Å²) in [6.07, 6.45) is 1.60. The number of rotatable bonds is 1. The summed E-state index contributed by atoms with van der Waals surface area (Å²) in [5, 5.41) is 19.9. The van der Waals surface area contributed by atoms with Crippen molar-refractivity contribution in [3.05, 3.63) is 76.8 Å². The van der Waals surface area contributed by atoms with Crippen LogP contribution < -0.4 is 0 Å². The maximum Gasteiger partial charge on any atom is 0.179 e. The SMILES string of the molecule is OC1(c2ccccc2)c2cc(Cl)ccc2-n2cnnc21. The first-order chi connectivity index (χ1) is 9.71. The maximum absolute atomic E-state index is 11.3. The molecule has 5 heteroatoms. The zero-order valence-electron chi connectivity index (χ0n) is 10.4. The van der Waals surface area contributed by atoms with Crippen LogP contribution in [0, 0.1) is 0 Å². The molecule has 98 valence electrons. The molecule has 4 rings (SSSR count). The molecule has 1 atom stereocenters. The zero-order valence-corrected chi connectivity index (χ0v) is 11.1. The van der Waals surface area contributed by atoms with Crippen LogP contribution in [0.25, 0.3) is 5.69 Å². The van der Waals surface area contributed by atoms with E-state index < -0.39 is 5.60 Å². The van der Waals surface area contributed by atoms with Crippen molar-refractivity contribution in [2.75, 3.05) is 0 Å². The first-order valence-electron chi connectivity index (χ1n) is 6.20. The van der Waals surface area contributed by atoms with Crippen LogP contribution in [0.5, 0.6) is 0 Å². The Morgan fingerprint density at radius 1 is 1.10 bits per heavy atom. The van der Waals surface area contributed by atoms with Gasteiger partial charge in [0.2, 0.25) is 0 Å². The minimum absolute atomic E-state index is 0.487. The van der Waals surface area contributed by atoms with Crippen molar-refractivity contribution in [1.29, 1.82) is 0 Å². The van der Waals surface area contributed by atoms with Gasteiger partial charge in [0.15, 0.2) is 11.4 Å². The Kier molecular flexibility index (Phi) is 2.28. The van der Waals surface area contributed by atoms with Gasteiger partial charge in [0.25, 0.3) is 0 Å². The monoisotopic (exact) mass is 283 g/mol. The Balaban J connectivity index is 2.09. The van der Waals surface area contributed by atoms with Gasteiger partial charge in [-0.2, -0.15) is 0 Å². The van der Waals surface area contributed by atoms with Crippen LogP contribution in [0.4, 0.5) is 0 Å². The summed E-state index contributed by atoms with van der Waals surface area (Å²) < 4.78 is 1.79. The highest BCUT2D eigenvalue weighted by Crippen LogP contribution is 2.45. The van der Waals surface area contributed by atoms with Crippen molar-refractivity contribution in [3.63, 3.8) is 0 Å². The summed E-state index contributed by atoms with van der Waals surface area (Å²) in [4.78, 5) is 0. The van der Waals surface area contributed by atoms with Crippen LogP contribution in [-0.2, 0) is 5.60 Å². The molecule has 4 nitrogen and oxygen atoms in total. The van der Waals surface area contributed by atoms with Gasteiger partial charge in [-0.25, -0.2) is 0 Å². The second-order valence-electron chi connectivity index (χ2n) is 4.76. The molecule has 2 aromatic carbocycles. The lowest BCUT2D eigenvalue weighted by atomic mass is 9.87.